The highest BCUT2D eigenvalue weighted by molar-refractivity contribution is 6.04. The van der Waals surface area contributed by atoms with Crippen molar-refractivity contribution in [2.45, 2.75) is 20.4 Å². The van der Waals surface area contributed by atoms with Gasteiger partial charge >= 0.3 is 0 Å². The number of amides is 1. The molecule has 0 bridgehead atoms. The minimum atomic E-state index is -0.767. The summed E-state index contributed by atoms with van der Waals surface area (Å²) < 4.78 is 34.9. The highest BCUT2D eigenvalue weighted by Gasteiger charge is 2.17. The molecule has 0 aliphatic carbocycles. The van der Waals surface area contributed by atoms with Gasteiger partial charge in [-0.3, -0.25) is 9.48 Å². The number of rotatable bonds is 6. The first kappa shape index (κ1) is 18.7. The molecule has 0 aliphatic heterocycles. The largest absolute Gasteiger partial charge is 0.383 e. The van der Waals surface area contributed by atoms with Gasteiger partial charge in [-0.05, 0) is 26.0 Å². The van der Waals surface area contributed by atoms with Crippen LogP contribution in [0.3, 0.4) is 0 Å². The number of halogens is 2. The number of methoxy groups -OCH3 is 1. The first-order chi connectivity index (χ1) is 12.9. The van der Waals surface area contributed by atoms with Crippen LogP contribution in [0.5, 0.6) is 0 Å². The molecule has 27 heavy (non-hydrogen) atoms. The van der Waals surface area contributed by atoms with Crippen LogP contribution in [0.25, 0.3) is 5.69 Å². The highest BCUT2D eigenvalue weighted by Crippen LogP contribution is 2.21. The number of nitrogens with zero attached hydrogens (tertiary/aromatic N) is 4. The molecule has 0 spiro atoms. The van der Waals surface area contributed by atoms with E-state index in [2.05, 4.69) is 15.5 Å². The average Bonchev–Trinajstić information content (AvgIpc) is 3.20. The Morgan fingerprint density at radius 2 is 2.07 bits per heavy atom. The zero-order valence-electron chi connectivity index (χ0n) is 15.2. The van der Waals surface area contributed by atoms with E-state index in [1.54, 1.807) is 18.7 Å². The minimum absolute atomic E-state index is 0.0511. The van der Waals surface area contributed by atoms with Crippen LogP contribution in [-0.4, -0.2) is 39.2 Å². The van der Waals surface area contributed by atoms with Crippen LogP contribution in [-0.2, 0) is 11.3 Å². The van der Waals surface area contributed by atoms with E-state index >= 15 is 0 Å². The summed E-state index contributed by atoms with van der Waals surface area (Å²) in [6.45, 7) is 4.72. The zero-order valence-corrected chi connectivity index (χ0v) is 15.2. The Morgan fingerprint density at radius 1 is 1.30 bits per heavy atom. The van der Waals surface area contributed by atoms with Crippen molar-refractivity contribution in [2.75, 3.05) is 19.0 Å². The SMILES string of the molecule is COCCn1nc(C)c(NC(=O)c2cnn(-c3ccc(F)cc3F)c2)c1C. The maximum atomic E-state index is 13.9. The monoisotopic (exact) mass is 375 g/mol. The van der Waals surface area contributed by atoms with Crippen LogP contribution >= 0.6 is 0 Å². The number of hydrogen-bond donors (Lipinski definition) is 1. The van der Waals surface area contributed by atoms with Gasteiger partial charge in [0.2, 0.25) is 0 Å². The molecule has 9 heteroatoms. The molecule has 1 aromatic carbocycles. The minimum Gasteiger partial charge on any atom is -0.383 e. The van der Waals surface area contributed by atoms with Crippen molar-refractivity contribution < 1.29 is 18.3 Å². The van der Waals surface area contributed by atoms with E-state index in [-0.39, 0.29) is 11.3 Å². The summed E-state index contributed by atoms with van der Waals surface area (Å²) in [5, 5.41) is 11.2. The standard InChI is InChI=1S/C18H19F2N5O2/c1-11-17(12(2)24(23-11)6-7-27-3)22-18(26)13-9-21-25(10-13)16-5-4-14(19)8-15(16)20/h4-5,8-10H,6-7H2,1-3H3,(H,22,26). The number of nitrogens with one attached hydrogen (secondary N) is 1. The summed E-state index contributed by atoms with van der Waals surface area (Å²) in [5.41, 5.74) is 2.37. The average molecular weight is 375 g/mol. The van der Waals surface area contributed by atoms with Gasteiger partial charge in [0.1, 0.15) is 11.5 Å². The Hall–Kier alpha value is -3.07. The molecule has 0 aliphatic rings. The van der Waals surface area contributed by atoms with Crippen LogP contribution in [0.1, 0.15) is 21.7 Å². The van der Waals surface area contributed by atoms with E-state index in [0.29, 0.717) is 24.5 Å². The molecule has 2 heterocycles. The highest BCUT2D eigenvalue weighted by atomic mass is 19.1. The lowest BCUT2D eigenvalue weighted by Crippen LogP contribution is -2.13. The number of aryl methyl sites for hydroxylation is 1. The van der Waals surface area contributed by atoms with Gasteiger partial charge in [0.05, 0.1) is 42.0 Å². The van der Waals surface area contributed by atoms with Crippen LogP contribution < -0.4 is 5.32 Å². The molecular weight excluding hydrogens is 356 g/mol. The Morgan fingerprint density at radius 3 is 2.78 bits per heavy atom. The molecule has 0 atom stereocenters. The van der Waals surface area contributed by atoms with Gasteiger partial charge < -0.3 is 10.1 Å². The van der Waals surface area contributed by atoms with E-state index in [1.165, 1.54) is 23.1 Å². The molecule has 3 rings (SSSR count). The summed E-state index contributed by atoms with van der Waals surface area (Å²) in [6.07, 6.45) is 2.70. The number of ether oxygens (including phenoxy) is 1. The van der Waals surface area contributed by atoms with Gasteiger partial charge in [-0.2, -0.15) is 10.2 Å². The van der Waals surface area contributed by atoms with Gasteiger partial charge in [0.15, 0.2) is 5.82 Å². The number of carbonyl (C=O) groups is 1. The predicted octanol–water partition coefficient (Wildman–Crippen LogP) is 2.86. The second kappa shape index (κ2) is 7.67. The summed E-state index contributed by atoms with van der Waals surface area (Å²) in [5.74, 6) is -1.85. The fraction of sp³-hybridized carbons (Fsp3) is 0.278. The van der Waals surface area contributed by atoms with Crippen molar-refractivity contribution >= 4 is 11.6 Å². The fourth-order valence-electron chi connectivity index (χ4n) is 2.70. The Kier molecular flexibility index (Phi) is 5.31. The number of anilines is 1. The molecule has 0 unspecified atom stereocenters. The maximum absolute atomic E-state index is 13.9. The van der Waals surface area contributed by atoms with Crippen molar-refractivity contribution in [2.24, 2.45) is 0 Å². The summed E-state index contributed by atoms with van der Waals surface area (Å²) >= 11 is 0. The molecule has 2 aromatic heterocycles. The number of hydrogen-bond acceptors (Lipinski definition) is 4. The van der Waals surface area contributed by atoms with Crippen molar-refractivity contribution in [1.82, 2.24) is 19.6 Å². The van der Waals surface area contributed by atoms with Crippen molar-refractivity contribution in [3.8, 4) is 5.69 Å². The van der Waals surface area contributed by atoms with E-state index in [9.17, 15) is 13.6 Å². The van der Waals surface area contributed by atoms with Crippen LogP contribution in [0.4, 0.5) is 14.5 Å². The van der Waals surface area contributed by atoms with Gasteiger partial charge in [-0.1, -0.05) is 0 Å². The van der Waals surface area contributed by atoms with Crippen molar-refractivity contribution in [1.29, 1.82) is 0 Å². The summed E-state index contributed by atoms with van der Waals surface area (Å²) in [6, 6.07) is 3.15. The molecule has 1 N–H and O–H groups in total. The normalized spacial score (nSPS) is 11.0. The quantitative estimate of drug-likeness (QED) is 0.719. The lowest BCUT2D eigenvalue weighted by molar-refractivity contribution is 0.102. The molecule has 0 fully saturated rings. The molecular formula is C18H19F2N5O2. The predicted molar refractivity (Wildman–Crippen MR) is 95.0 cm³/mol. The number of benzene rings is 1. The molecule has 3 aromatic rings. The van der Waals surface area contributed by atoms with E-state index in [1.807, 2.05) is 6.92 Å². The lowest BCUT2D eigenvalue weighted by atomic mass is 10.2. The van der Waals surface area contributed by atoms with Crippen LogP contribution in [0, 0.1) is 25.5 Å². The van der Waals surface area contributed by atoms with Crippen LogP contribution in [0.15, 0.2) is 30.6 Å². The topological polar surface area (TPSA) is 74.0 Å². The smallest absolute Gasteiger partial charge is 0.258 e. The second-order valence-electron chi connectivity index (χ2n) is 5.99. The third kappa shape index (κ3) is 3.87. The van der Waals surface area contributed by atoms with Gasteiger partial charge in [0, 0.05) is 19.4 Å². The Balaban J connectivity index is 1.80. The molecule has 0 saturated heterocycles. The van der Waals surface area contributed by atoms with Gasteiger partial charge in [0.25, 0.3) is 5.91 Å². The summed E-state index contributed by atoms with van der Waals surface area (Å²) in [4.78, 5) is 12.5. The maximum Gasteiger partial charge on any atom is 0.258 e. The first-order valence-corrected chi connectivity index (χ1v) is 8.25. The van der Waals surface area contributed by atoms with Gasteiger partial charge in [-0.15, -0.1) is 0 Å². The van der Waals surface area contributed by atoms with Gasteiger partial charge in [-0.25, -0.2) is 13.5 Å². The Labute approximate surface area is 154 Å². The fourth-order valence-corrected chi connectivity index (χ4v) is 2.70. The van der Waals surface area contributed by atoms with E-state index < -0.39 is 17.5 Å². The molecule has 1 amide bonds. The molecule has 7 nitrogen and oxygen atoms in total. The molecule has 0 radical (unpaired) electrons. The van der Waals surface area contributed by atoms with Crippen LogP contribution in [0.2, 0.25) is 0 Å². The lowest BCUT2D eigenvalue weighted by Gasteiger charge is -2.06. The zero-order chi connectivity index (χ0) is 19.6. The summed E-state index contributed by atoms with van der Waals surface area (Å²) in [7, 11) is 1.61. The number of carbonyl (C=O) groups excluding carboxylic acids is 1. The van der Waals surface area contributed by atoms with E-state index in [4.69, 9.17) is 4.74 Å². The van der Waals surface area contributed by atoms with Crippen molar-refractivity contribution in [3.05, 3.63) is 59.2 Å². The molecule has 0 saturated carbocycles. The second-order valence-corrected chi connectivity index (χ2v) is 5.99. The third-order valence-electron chi connectivity index (χ3n) is 4.13. The third-order valence-corrected chi connectivity index (χ3v) is 4.13. The van der Waals surface area contributed by atoms with E-state index in [0.717, 1.165) is 17.8 Å². The Bertz CT molecular complexity index is 980. The molecule has 142 valence electrons. The number of aromatic nitrogens is 4. The van der Waals surface area contributed by atoms with Crippen molar-refractivity contribution in [3.63, 3.8) is 0 Å². The first-order valence-electron chi connectivity index (χ1n) is 8.25.